The topological polar surface area (TPSA) is 55.4 Å². The lowest BCUT2D eigenvalue weighted by atomic mass is 10.1. The zero-order valence-electron chi connectivity index (χ0n) is 12.0. The van der Waals surface area contributed by atoms with Crippen LogP contribution in [0.3, 0.4) is 0 Å². The molecule has 0 unspecified atom stereocenters. The first-order valence-electron chi connectivity index (χ1n) is 6.15. The van der Waals surface area contributed by atoms with Gasteiger partial charge in [0.05, 0.1) is 0 Å². The van der Waals surface area contributed by atoms with Gasteiger partial charge in [-0.3, -0.25) is 4.79 Å². The van der Waals surface area contributed by atoms with Crippen LogP contribution in [-0.2, 0) is 14.3 Å². The van der Waals surface area contributed by atoms with Gasteiger partial charge in [-0.15, -0.1) is 0 Å². The highest BCUT2D eigenvalue weighted by Gasteiger charge is 2.20. The number of esters is 1. The minimum Gasteiger partial charge on any atom is -0.455 e. The third kappa shape index (κ3) is 5.65. The Morgan fingerprint density at radius 1 is 1.20 bits per heavy atom. The van der Waals surface area contributed by atoms with Crippen molar-refractivity contribution in [3.05, 3.63) is 41.3 Å². The van der Waals surface area contributed by atoms with Crippen molar-refractivity contribution in [2.45, 2.75) is 33.3 Å². The number of rotatable bonds is 3. The number of hydrogen-bond acceptors (Lipinski definition) is 3. The second kappa shape index (κ2) is 6.32. The van der Waals surface area contributed by atoms with Crippen LogP contribution in [0.4, 0.5) is 4.39 Å². The molecule has 1 N–H and O–H groups in total. The van der Waals surface area contributed by atoms with Crippen molar-refractivity contribution in [3.8, 4) is 0 Å². The Bertz CT molecular complexity index is 527. The van der Waals surface area contributed by atoms with Gasteiger partial charge in [-0.2, -0.15) is 0 Å². The summed E-state index contributed by atoms with van der Waals surface area (Å²) in [5.74, 6) is -1.40. The molecule has 1 amide bonds. The van der Waals surface area contributed by atoms with E-state index in [1.165, 1.54) is 37.3 Å². The zero-order valence-corrected chi connectivity index (χ0v) is 12.0. The van der Waals surface area contributed by atoms with Crippen LogP contribution in [0, 0.1) is 5.82 Å². The third-order valence-corrected chi connectivity index (χ3v) is 2.11. The van der Waals surface area contributed by atoms with Gasteiger partial charge >= 0.3 is 5.97 Å². The van der Waals surface area contributed by atoms with Gasteiger partial charge in [0.2, 0.25) is 5.91 Å². The highest BCUT2D eigenvalue weighted by molar-refractivity contribution is 5.97. The quantitative estimate of drug-likeness (QED) is 0.683. The Morgan fingerprint density at radius 2 is 1.75 bits per heavy atom. The molecular weight excluding hydrogens is 261 g/mol. The Hall–Kier alpha value is -2.17. The molecular formula is C15H18FNO3. The fourth-order valence-corrected chi connectivity index (χ4v) is 1.39. The molecule has 5 heteroatoms. The van der Waals surface area contributed by atoms with Crippen LogP contribution in [0.1, 0.15) is 33.3 Å². The SMILES string of the molecule is CC(=O)N/C(=C\c1ccc(F)cc1)C(=O)OC(C)(C)C. The number of halogens is 1. The highest BCUT2D eigenvalue weighted by Crippen LogP contribution is 2.13. The molecule has 0 radical (unpaired) electrons. The smallest absolute Gasteiger partial charge is 0.355 e. The molecule has 0 spiro atoms. The number of carbonyl (C=O) groups is 2. The summed E-state index contributed by atoms with van der Waals surface area (Å²) in [6.45, 7) is 6.49. The highest BCUT2D eigenvalue weighted by atomic mass is 19.1. The minimum atomic E-state index is -0.669. The van der Waals surface area contributed by atoms with Crippen molar-refractivity contribution in [2.75, 3.05) is 0 Å². The van der Waals surface area contributed by atoms with Crippen LogP contribution in [0.25, 0.3) is 6.08 Å². The number of amides is 1. The van der Waals surface area contributed by atoms with Crippen LogP contribution < -0.4 is 5.32 Å². The van der Waals surface area contributed by atoms with E-state index in [0.29, 0.717) is 5.56 Å². The van der Waals surface area contributed by atoms with Crippen molar-refractivity contribution in [1.29, 1.82) is 0 Å². The molecule has 0 aliphatic heterocycles. The molecule has 0 bridgehead atoms. The first kappa shape index (κ1) is 15.9. The van der Waals surface area contributed by atoms with Crippen molar-refractivity contribution in [3.63, 3.8) is 0 Å². The minimum absolute atomic E-state index is 0.0130. The zero-order chi connectivity index (χ0) is 15.3. The normalized spacial score (nSPS) is 11.9. The number of hydrogen-bond donors (Lipinski definition) is 1. The molecule has 0 saturated carbocycles. The predicted octanol–water partition coefficient (Wildman–Crippen LogP) is 2.64. The van der Waals surface area contributed by atoms with Crippen LogP contribution >= 0.6 is 0 Å². The molecule has 4 nitrogen and oxygen atoms in total. The fourth-order valence-electron chi connectivity index (χ4n) is 1.39. The van der Waals surface area contributed by atoms with Crippen LogP contribution in [0.2, 0.25) is 0 Å². The Balaban J connectivity index is 3.02. The average Bonchev–Trinajstić information content (AvgIpc) is 2.28. The van der Waals surface area contributed by atoms with Crippen molar-refractivity contribution in [1.82, 2.24) is 5.32 Å². The van der Waals surface area contributed by atoms with E-state index in [1.807, 2.05) is 0 Å². The molecule has 0 saturated heterocycles. The molecule has 1 aromatic carbocycles. The van der Waals surface area contributed by atoms with E-state index in [-0.39, 0.29) is 17.4 Å². The molecule has 1 rings (SSSR count). The summed E-state index contributed by atoms with van der Waals surface area (Å²) in [4.78, 5) is 23.1. The third-order valence-electron chi connectivity index (χ3n) is 2.11. The van der Waals surface area contributed by atoms with E-state index in [1.54, 1.807) is 20.8 Å². The average molecular weight is 279 g/mol. The number of benzene rings is 1. The monoisotopic (exact) mass is 279 g/mol. The van der Waals surface area contributed by atoms with Crippen LogP contribution in [0.15, 0.2) is 30.0 Å². The van der Waals surface area contributed by atoms with Crippen LogP contribution in [-0.4, -0.2) is 17.5 Å². The largest absolute Gasteiger partial charge is 0.455 e. The number of nitrogens with one attached hydrogen (secondary N) is 1. The van der Waals surface area contributed by atoms with E-state index in [0.717, 1.165) is 0 Å². The predicted molar refractivity (Wildman–Crippen MR) is 74.0 cm³/mol. The van der Waals surface area contributed by atoms with Gasteiger partial charge < -0.3 is 10.1 Å². The van der Waals surface area contributed by atoms with Gasteiger partial charge in [0.25, 0.3) is 0 Å². The van der Waals surface area contributed by atoms with Gasteiger partial charge in [-0.1, -0.05) is 12.1 Å². The van der Waals surface area contributed by atoms with Gasteiger partial charge in [0, 0.05) is 6.92 Å². The van der Waals surface area contributed by atoms with Crippen molar-refractivity contribution < 1.29 is 18.7 Å². The summed E-state index contributed by atoms with van der Waals surface area (Å²) in [6, 6.07) is 5.54. The molecule has 0 aromatic heterocycles. The Morgan fingerprint density at radius 3 is 2.20 bits per heavy atom. The molecule has 0 atom stereocenters. The molecule has 108 valence electrons. The van der Waals surface area contributed by atoms with Gasteiger partial charge in [-0.05, 0) is 44.5 Å². The maximum atomic E-state index is 12.8. The number of ether oxygens (including phenoxy) is 1. The molecule has 20 heavy (non-hydrogen) atoms. The molecule has 0 heterocycles. The van der Waals surface area contributed by atoms with Gasteiger partial charge in [-0.25, -0.2) is 9.18 Å². The summed E-state index contributed by atoms with van der Waals surface area (Å²) in [5, 5.41) is 2.42. The van der Waals surface area contributed by atoms with Crippen LogP contribution in [0.5, 0.6) is 0 Å². The van der Waals surface area contributed by atoms with E-state index in [4.69, 9.17) is 4.74 Å². The van der Waals surface area contributed by atoms with E-state index in [9.17, 15) is 14.0 Å². The van der Waals surface area contributed by atoms with E-state index in [2.05, 4.69) is 5.32 Å². The maximum absolute atomic E-state index is 12.8. The molecule has 0 aliphatic rings. The summed E-state index contributed by atoms with van der Waals surface area (Å²) >= 11 is 0. The van der Waals surface area contributed by atoms with Gasteiger partial charge in [0.1, 0.15) is 17.1 Å². The molecule has 0 fully saturated rings. The first-order chi connectivity index (χ1) is 9.17. The lowest BCUT2D eigenvalue weighted by molar-refractivity contribution is -0.150. The summed E-state index contributed by atoms with van der Waals surface area (Å²) in [5.41, 5.74) is -0.0719. The first-order valence-corrected chi connectivity index (χ1v) is 6.15. The van der Waals surface area contributed by atoms with E-state index >= 15 is 0 Å². The standard InChI is InChI=1S/C15H18FNO3/c1-10(18)17-13(14(19)20-15(2,3)4)9-11-5-7-12(16)8-6-11/h5-9H,1-4H3,(H,17,18)/b13-9-. The van der Waals surface area contributed by atoms with Crippen molar-refractivity contribution in [2.24, 2.45) is 0 Å². The summed E-state index contributed by atoms with van der Waals surface area (Å²) in [6.07, 6.45) is 1.44. The fraction of sp³-hybridized carbons (Fsp3) is 0.333. The number of carbonyl (C=O) groups excluding carboxylic acids is 2. The van der Waals surface area contributed by atoms with Gasteiger partial charge in [0.15, 0.2) is 0 Å². The second-order valence-electron chi connectivity index (χ2n) is 5.29. The lowest BCUT2D eigenvalue weighted by Crippen LogP contribution is -2.31. The Kier molecular flexibility index (Phi) is 5.02. The second-order valence-corrected chi connectivity index (χ2v) is 5.29. The summed E-state index contributed by atoms with van der Waals surface area (Å²) in [7, 11) is 0. The lowest BCUT2D eigenvalue weighted by Gasteiger charge is -2.20. The summed E-state index contributed by atoms with van der Waals surface area (Å²) < 4.78 is 18.0. The molecule has 1 aromatic rings. The molecule has 0 aliphatic carbocycles. The maximum Gasteiger partial charge on any atom is 0.355 e. The van der Waals surface area contributed by atoms with Crippen molar-refractivity contribution >= 4 is 18.0 Å². The Labute approximate surface area is 117 Å². The van der Waals surface area contributed by atoms with E-state index < -0.39 is 11.6 Å².